The summed E-state index contributed by atoms with van der Waals surface area (Å²) in [6, 6.07) is 16.7. The van der Waals surface area contributed by atoms with E-state index in [1.165, 1.54) is 33.8 Å². The van der Waals surface area contributed by atoms with Gasteiger partial charge in [-0.3, -0.25) is 10.0 Å². The van der Waals surface area contributed by atoms with Gasteiger partial charge in [-0.1, -0.05) is 42.5 Å². The number of para-hydroxylation sites is 1. The van der Waals surface area contributed by atoms with Gasteiger partial charge in [0.2, 0.25) is 0 Å². The summed E-state index contributed by atoms with van der Waals surface area (Å²) >= 11 is 0. The fourth-order valence-electron chi connectivity index (χ4n) is 3.25. The van der Waals surface area contributed by atoms with Crippen molar-refractivity contribution in [3.05, 3.63) is 77.0 Å². The number of hydrogen-bond acceptors (Lipinski definition) is 3. The molecule has 27 heavy (non-hydrogen) atoms. The number of carbonyl (C=O) groups excluding carboxylic acids is 1. The molecule has 0 saturated carbocycles. The largest absolute Gasteiger partial charge is 0.348 e. The van der Waals surface area contributed by atoms with Crippen molar-refractivity contribution in [2.45, 2.75) is 19.9 Å². The van der Waals surface area contributed by atoms with Gasteiger partial charge in [-0.25, -0.2) is 5.48 Å². The monoisotopic (exact) mass is 363 g/mol. The van der Waals surface area contributed by atoms with Crippen LogP contribution in [0.2, 0.25) is 0 Å². The maximum absolute atomic E-state index is 11.0. The lowest BCUT2D eigenvalue weighted by atomic mass is 10.1. The van der Waals surface area contributed by atoms with E-state index in [4.69, 9.17) is 5.21 Å². The summed E-state index contributed by atoms with van der Waals surface area (Å²) in [5, 5.41) is 13.3. The molecule has 0 aliphatic heterocycles. The van der Waals surface area contributed by atoms with Crippen LogP contribution in [-0.4, -0.2) is 22.2 Å². The second-order valence-electron chi connectivity index (χ2n) is 6.68. The highest BCUT2D eigenvalue weighted by atomic mass is 16.5. The average Bonchev–Trinajstić information content (AvgIpc) is 2.98. The van der Waals surface area contributed by atoms with Gasteiger partial charge in [-0.15, -0.1) is 0 Å². The number of hydrogen-bond donors (Lipinski definition) is 3. The van der Waals surface area contributed by atoms with Crippen LogP contribution in [-0.2, 0) is 24.8 Å². The Balaban J connectivity index is 1.53. The molecule has 1 aromatic heterocycles. The van der Waals surface area contributed by atoms with E-state index in [0.717, 1.165) is 25.1 Å². The van der Waals surface area contributed by atoms with Crippen LogP contribution in [0.4, 0.5) is 0 Å². The van der Waals surface area contributed by atoms with Crippen LogP contribution in [0, 0.1) is 6.92 Å². The van der Waals surface area contributed by atoms with Gasteiger partial charge >= 0.3 is 0 Å². The smallest absolute Gasteiger partial charge is 0.267 e. The first-order valence-electron chi connectivity index (χ1n) is 9.04. The minimum atomic E-state index is -0.538. The minimum absolute atomic E-state index is 0.538. The van der Waals surface area contributed by atoms with E-state index in [1.54, 1.807) is 11.6 Å². The molecule has 1 heterocycles. The number of benzene rings is 2. The lowest BCUT2D eigenvalue weighted by Crippen LogP contribution is -2.17. The summed E-state index contributed by atoms with van der Waals surface area (Å²) < 4.78 is 2.26. The number of nitrogens with one attached hydrogen (secondary N) is 2. The second kappa shape index (κ2) is 8.66. The zero-order chi connectivity index (χ0) is 19.2. The van der Waals surface area contributed by atoms with E-state index in [-0.39, 0.29) is 0 Å². The Labute approximate surface area is 159 Å². The molecule has 0 bridgehead atoms. The molecule has 0 unspecified atom stereocenters. The number of carbonyl (C=O) groups is 1. The lowest BCUT2D eigenvalue weighted by Gasteiger charge is -2.09. The normalized spacial score (nSPS) is 11.4. The molecule has 0 aliphatic rings. The first kappa shape index (κ1) is 18.9. The number of aromatic nitrogens is 1. The Morgan fingerprint density at radius 3 is 2.70 bits per heavy atom. The highest BCUT2D eigenvalue weighted by molar-refractivity contribution is 5.90. The Morgan fingerprint density at radius 1 is 1.19 bits per heavy atom. The fraction of sp³-hybridized carbons (Fsp3) is 0.227. The van der Waals surface area contributed by atoms with Crippen molar-refractivity contribution in [3.63, 3.8) is 0 Å². The van der Waals surface area contributed by atoms with E-state index >= 15 is 0 Å². The van der Waals surface area contributed by atoms with Crippen LogP contribution >= 0.6 is 0 Å². The van der Waals surface area contributed by atoms with Crippen LogP contribution in [0.3, 0.4) is 0 Å². The molecule has 0 fully saturated rings. The summed E-state index contributed by atoms with van der Waals surface area (Å²) in [6.07, 6.45) is 3.93. The molecule has 2 aromatic carbocycles. The van der Waals surface area contributed by atoms with Crippen molar-refractivity contribution < 1.29 is 10.0 Å². The maximum atomic E-state index is 11.0. The Morgan fingerprint density at radius 2 is 1.96 bits per heavy atom. The molecular weight excluding hydrogens is 338 g/mol. The average molecular weight is 363 g/mol. The highest BCUT2D eigenvalue weighted by Crippen LogP contribution is 2.22. The number of nitrogens with zero attached hydrogens (tertiary/aromatic N) is 1. The van der Waals surface area contributed by atoms with Crippen molar-refractivity contribution in [1.82, 2.24) is 15.4 Å². The molecule has 0 radical (unpaired) electrons. The molecule has 3 N–H and O–H groups in total. The molecule has 140 valence electrons. The number of hydroxylamine groups is 1. The zero-order valence-corrected chi connectivity index (χ0v) is 15.7. The number of rotatable bonds is 7. The number of amides is 1. The number of fused-ring (bicyclic) bond motifs is 1. The van der Waals surface area contributed by atoms with E-state index in [1.807, 2.05) is 24.3 Å². The Bertz CT molecular complexity index is 956. The van der Waals surface area contributed by atoms with Gasteiger partial charge in [0.05, 0.1) is 5.52 Å². The number of aryl methyl sites for hydroxylation is 2. The van der Waals surface area contributed by atoms with E-state index in [9.17, 15) is 4.79 Å². The molecule has 0 atom stereocenters. The first-order chi connectivity index (χ1) is 13.1. The van der Waals surface area contributed by atoms with Gasteiger partial charge < -0.3 is 9.88 Å². The van der Waals surface area contributed by atoms with Crippen molar-refractivity contribution in [3.8, 4) is 0 Å². The maximum Gasteiger partial charge on any atom is 0.267 e. The van der Waals surface area contributed by atoms with Crippen LogP contribution in [0.15, 0.2) is 54.6 Å². The second-order valence-corrected chi connectivity index (χ2v) is 6.68. The Kier molecular flexibility index (Phi) is 6.06. The molecule has 0 aliphatic carbocycles. The minimum Gasteiger partial charge on any atom is -0.348 e. The standard InChI is InChI=1S/C22H25N3O2/c1-16-14-20-5-3-4-19(22(20)25(16)2)12-13-23-15-18-8-6-17(7-9-18)10-11-21(26)24-27/h3-11,14,23,27H,12-13,15H2,1-2H3,(H,24,26)/b11-10+. The van der Waals surface area contributed by atoms with E-state index < -0.39 is 5.91 Å². The first-order valence-corrected chi connectivity index (χ1v) is 9.04. The van der Waals surface area contributed by atoms with E-state index in [0.29, 0.717) is 0 Å². The van der Waals surface area contributed by atoms with E-state index in [2.05, 4.69) is 48.1 Å². The van der Waals surface area contributed by atoms with Crippen molar-refractivity contribution in [2.75, 3.05) is 6.54 Å². The third-order valence-corrected chi connectivity index (χ3v) is 4.80. The molecule has 1 amide bonds. The van der Waals surface area contributed by atoms with Gasteiger partial charge in [0.15, 0.2) is 0 Å². The van der Waals surface area contributed by atoms with Gasteiger partial charge in [-0.05, 0) is 48.7 Å². The quantitative estimate of drug-likeness (QED) is 0.261. The topological polar surface area (TPSA) is 66.3 Å². The van der Waals surface area contributed by atoms with Crippen LogP contribution in [0.25, 0.3) is 17.0 Å². The third kappa shape index (κ3) is 4.64. The zero-order valence-electron chi connectivity index (χ0n) is 15.7. The van der Waals surface area contributed by atoms with Crippen molar-refractivity contribution in [1.29, 1.82) is 0 Å². The van der Waals surface area contributed by atoms with Gasteiger partial charge in [0.25, 0.3) is 5.91 Å². The van der Waals surface area contributed by atoms with Crippen LogP contribution in [0.5, 0.6) is 0 Å². The summed E-state index contributed by atoms with van der Waals surface area (Å²) in [6.45, 7) is 3.84. The predicted molar refractivity (Wildman–Crippen MR) is 108 cm³/mol. The molecule has 0 spiro atoms. The van der Waals surface area contributed by atoms with Crippen molar-refractivity contribution >= 4 is 22.9 Å². The third-order valence-electron chi connectivity index (χ3n) is 4.80. The summed E-state index contributed by atoms with van der Waals surface area (Å²) in [5.41, 5.74) is 7.62. The Hall–Kier alpha value is -2.89. The van der Waals surface area contributed by atoms with Crippen LogP contribution < -0.4 is 10.8 Å². The lowest BCUT2D eigenvalue weighted by molar-refractivity contribution is -0.124. The molecule has 5 heteroatoms. The molecule has 3 aromatic rings. The van der Waals surface area contributed by atoms with Gasteiger partial charge in [0.1, 0.15) is 0 Å². The summed E-state index contributed by atoms with van der Waals surface area (Å²) in [5.74, 6) is -0.538. The molecule has 3 rings (SSSR count). The predicted octanol–water partition coefficient (Wildman–Crippen LogP) is 3.34. The summed E-state index contributed by atoms with van der Waals surface area (Å²) in [4.78, 5) is 11.0. The highest BCUT2D eigenvalue weighted by Gasteiger charge is 2.07. The fourth-order valence-corrected chi connectivity index (χ4v) is 3.25. The molecule has 0 saturated heterocycles. The molecule has 5 nitrogen and oxygen atoms in total. The van der Waals surface area contributed by atoms with Gasteiger partial charge in [-0.2, -0.15) is 0 Å². The summed E-state index contributed by atoms with van der Waals surface area (Å²) in [7, 11) is 2.12. The van der Waals surface area contributed by atoms with Crippen molar-refractivity contribution in [2.24, 2.45) is 7.05 Å². The van der Waals surface area contributed by atoms with Gasteiger partial charge in [0, 0.05) is 30.7 Å². The van der Waals surface area contributed by atoms with Crippen LogP contribution in [0.1, 0.15) is 22.4 Å². The SMILES string of the molecule is Cc1cc2cccc(CCNCc3ccc(/C=C/C(=O)NO)cc3)c2n1C. The molecular formula is C22H25N3O2.